The smallest absolute Gasteiger partial charge is 0.224 e. The molecule has 1 amide bonds. The Kier molecular flexibility index (Phi) is 5.85. The van der Waals surface area contributed by atoms with Crippen molar-refractivity contribution >= 4 is 17.4 Å². The molecule has 0 aliphatic carbocycles. The van der Waals surface area contributed by atoms with Crippen LogP contribution in [0.2, 0.25) is 0 Å². The molecule has 0 radical (unpaired) electrons. The summed E-state index contributed by atoms with van der Waals surface area (Å²) in [5.41, 5.74) is 7.11. The van der Waals surface area contributed by atoms with Crippen LogP contribution in [0, 0.1) is 5.92 Å². The zero-order chi connectivity index (χ0) is 14.3. The largest absolute Gasteiger partial charge is 0.409 e. The van der Waals surface area contributed by atoms with Gasteiger partial charge in [0.1, 0.15) is 5.84 Å². The third-order valence-electron chi connectivity index (χ3n) is 2.70. The summed E-state index contributed by atoms with van der Waals surface area (Å²) >= 11 is 0. The molecule has 104 valence electrons. The van der Waals surface area contributed by atoms with Crippen LogP contribution in [0.5, 0.6) is 0 Å². The quantitative estimate of drug-likeness (QED) is 0.318. The lowest BCUT2D eigenvalue weighted by Crippen LogP contribution is -2.15. The van der Waals surface area contributed by atoms with E-state index in [-0.39, 0.29) is 11.7 Å². The van der Waals surface area contributed by atoms with Gasteiger partial charge in [0.2, 0.25) is 5.91 Å². The number of oxime groups is 1. The van der Waals surface area contributed by atoms with Crippen LogP contribution in [-0.2, 0) is 11.2 Å². The van der Waals surface area contributed by atoms with Gasteiger partial charge in [-0.15, -0.1) is 0 Å². The Morgan fingerprint density at radius 3 is 2.53 bits per heavy atom. The van der Waals surface area contributed by atoms with Gasteiger partial charge in [-0.2, -0.15) is 0 Å². The zero-order valence-electron chi connectivity index (χ0n) is 11.4. The number of carbonyl (C=O) groups excluding carboxylic acids is 1. The molecule has 0 heterocycles. The number of anilines is 1. The van der Waals surface area contributed by atoms with Crippen LogP contribution in [0.25, 0.3) is 0 Å². The summed E-state index contributed by atoms with van der Waals surface area (Å²) in [5, 5.41) is 14.2. The molecule has 1 aromatic carbocycles. The number of nitrogens with one attached hydrogen (secondary N) is 1. The molecule has 5 nitrogen and oxygen atoms in total. The van der Waals surface area contributed by atoms with E-state index < -0.39 is 0 Å². The highest BCUT2D eigenvalue weighted by atomic mass is 16.4. The molecule has 1 rings (SSSR count). The minimum absolute atomic E-state index is 0.0258. The molecule has 1 aromatic rings. The molecule has 0 saturated heterocycles. The molecule has 0 atom stereocenters. The Morgan fingerprint density at radius 2 is 2.00 bits per heavy atom. The van der Waals surface area contributed by atoms with Gasteiger partial charge < -0.3 is 16.3 Å². The molecule has 4 N–H and O–H groups in total. The average molecular weight is 263 g/mol. The van der Waals surface area contributed by atoms with Crippen LogP contribution in [-0.4, -0.2) is 17.0 Å². The third kappa shape index (κ3) is 5.90. The maximum atomic E-state index is 11.6. The number of carbonyl (C=O) groups is 1. The lowest BCUT2D eigenvalue weighted by atomic mass is 10.1. The van der Waals surface area contributed by atoms with Crippen molar-refractivity contribution in [3.05, 3.63) is 29.8 Å². The van der Waals surface area contributed by atoms with E-state index >= 15 is 0 Å². The zero-order valence-corrected chi connectivity index (χ0v) is 11.4. The van der Waals surface area contributed by atoms with E-state index in [0.29, 0.717) is 18.8 Å². The van der Waals surface area contributed by atoms with Gasteiger partial charge in [-0.05, 0) is 30.0 Å². The second kappa shape index (κ2) is 7.41. The lowest BCUT2D eigenvalue weighted by molar-refractivity contribution is -0.116. The summed E-state index contributed by atoms with van der Waals surface area (Å²) in [5.74, 6) is 0.709. The van der Waals surface area contributed by atoms with E-state index in [4.69, 9.17) is 10.9 Å². The van der Waals surface area contributed by atoms with E-state index in [1.54, 1.807) is 0 Å². The Labute approximate surface area is 113 Å². The Morgan fingerprint density at radius 1 is 1.37 bits per heavy atom. The number of nitrogens with two attached hydrogens (primary N) is 1. The summed E-state index contributed by atoms with van der Waals surface area (Å²) in [6.45, 7) is 4.18. The predicted molar refractivity (Wildman–Crippen MR) is 76.3 cm³/mol. The first-order valence-corrected chi connectivity index (χ1v) is 6.36. The molecule has 0 bridgehead atoms. The number of hydrogen-bond acceptors (Lipinski definition) is 3. The number of amides is 1. The van der Waals surface area contributed by atoms with Crippen LogP contribution in [0.1, 0.15) is 32.3 Å². The summed E-state index contributed by atoms with van der Waals surface area (Å²) < 4.78 is 0. The number of hydrogen-bond donors (Lipinski definition) is 3. The van der Waals surface area contributed by atoms with Crippen molar-refractivity contribution in [1.29, 1.82) is 0 Å². The molecule has 0 aromatic heterocycles. The Bertz CT molecular complexity index is 439. The Balaban J connectivity index is 2.50. The van der Waals surface area contributed by atoms with Crippen molar-refractivity contribution in [3.63, 3.8) is 0 Å². The van der Waals surface area contributed by atoms with Gasteiger partial charge in [-0.1, -0.05) is 31.1 Å². The van der Waals surface area contributed by atoms with Crippen molar-refractivity contribution in [1.82, 2.24) is 0 Å². The highest BCUT2D eigenvalue weighted by Crippen LogP contribution is 2.12. The summed E-state index contributed by atoms with van der Waals surface area (Å²) in [4.78, 5) is 11.6. The topological polar surface area (TPSA) is 87.7 Å². The summed E-state index contributed by atoms with van der Waals surface area (Å²) in [6, 6.07) is 7.31. The van der Waals surface area contributed by atoms with Crippen molar-refractivity contribution < 1.29 is 10.0 Å². The number of rotatable bonds is 6. The molecule has 0 fully saturated rings. The highest BCUT2D eigenvalue weighted by Gasteiger charge is 2.04. The SMILES string of the molecule is CC(C)CCC(=O)Nc1ccc(CC(N)=NO)cc1. The monoisotopic (exact) mass is 263 g/mol. The van der Waals surface area contributed by atoms with Gasteiger partial charge in [-0.25, -0.2) is 0 Å². The van der Waals surface area contributed by atoms with Crippen molar-refractivity contribution in [2.24, 2.45) is 16.8 Å². The van der Waals surface area contributed by atoms with Crippen molar-refractivity contribution in [2.45, 2.75) is 33.1 Å². The van der Waals surface area contributed by atoms with Crippen LogP contribution < -0.4 is 11.1 Å². The minimum Gasteiger partial charge on any atom is -0.409 e. The van der Waals surface area contributed by atoms with Gasteiger partial charge in [-0.3, -0.25) is 4.79 Å². The van der Waals surface area contributed by atoms with E-state index in [1.807, 2.05) is 24.3 Å². The summed E-state index contributed by atoms with van der Waals surface area (Å²) in [7, 11) is 0. The van der Waals surface area contributed by atoms with Gasteiger partial charge in [0.05, 0.1) is 0 Å². The first-order valence-electron chi connectivity index (χ1n) is 6.36. The fourth-order valence-corrected chi connectivity index (χ4v) is 1.59. The van der Waals surface area contributed by atoms with Crippen LogP contribution in [0.15, 0.2) is 29.4 Å². The highest BCUT2D eigenvalue weighted by molar-refractivity contribution is 5.90. The molecular weight excluding hydrogens is 242 g/mol. The fraction of sp³-hybridized carbons (Fsp3) is 0.429. The van der Waals surface area contributed by atoms with Crippen LogP contribution in [0.3, 0.4) is 0 Å². The minimum atomic E-state index is 0.0258. The molecule has 0 saturated carbocycles. The number of nitrogens with zero attached hydrogens (tertiary/aromatic N) is 1. The average Bonchev–Trinajstić information content (AvgIpc) is 2.38. The van der Waals surface area contributed by atoms with E-state index in [1.165, 1.54) is 0 Å². The van der Waals surface area contributed by atoms with Crippen LogP contribution in [0.4, 0.5) is 5.69 Å². The van der Waals surface area contributed by atoms with E-state index in [9.17, 15) is 4.79 Å². The first-order chi connectivity index (χ1) is 9.01. The van der Waals surface area contributed by atoms with Gasteiger partial charge >= 0.3 is 0 Å². The predicted octanol–water partition coefficient (Wildman–Crippen LogP) is 2.35. The maximum Gasteiger partial charge on any atom is 0.224 e. The second-order valence-corrected chi connectivity index (χ2v) is 4.95. The summed E-state index contributed by atoms with van der Waals surface area (Å²) in [6.07, 6.45) is 1.80. The van der Waals surface area contributed by atoms with E-state index in [0.717, 1.165) is 17.7 Å². The first kappa shape index (κ1) is 15.0. The molecule has 0 aliphatic rings. The second-order valence-electron chi connectivity index (χ2n) is 4.95. The van der Waals surface area contributed by atoms with Crippen molar-refractivity contribution in [3.8, 4) is 0 Å². The maximum absolute atomic E-state index is 11.6. The van der Waals surface area contributed by atoms with Gasteiger partial charge in [0, 0.05) is 18.5 Å². The molecule has 0 aliphatic heterocycles. The number of amidine groups is 1. The standard InChI is InChI=1S/C14H21N3O2/c1-10(2)3-8-14(18)16-12-6-4-11(5-7-12)9-13(15)17-19/h4-7,10,19H,3,8-9H2,1-2H3,(H2,15,17)(H,16,18). The van der Waals surface area contributed by atoms with E-state index in [2.05, 4.69) is 24.3 Å². The Hall–Kier alpha value is -2.04. The van der Waals surface area contributed by atoms with Crippen molar-refractivity contribution in [2.75, 3.05) is 5.32 Å². The van der Waals surface area contributed by atoms with Crippen LogP contribution >= 0.6 is 0 Å². The third-order valence-corrected chi connectivity index (χ3v) is 2.70. The normalized spacial score (nSPS) is 11.6. The number of benzene rings is 1. The van der Waals surface area contributed by atoms with Gasteiger partial charge in [0.25, 0.3) is 0 Å². The molecule has 19 heavy (non-hydrogen) atoms. The molecule has 5 heteroatoms. The fourth-order valence-electron chi connectivity index (χ4n) is 1.59. The lowest BCUT2D eigenvalue weighted by Gasteiger charge is -2.07. The molecular formula is C14H21N3O2. The molecule has 0 spiro atoms. The molecule has 0 unspecified atom stereocenters. The van der Waals surface area contributed by atoms with Gasteiger partial charge in [0.15, 0.2) is 0 Å².